The van der Waals surface area contributed by atoms with Crippen molar-refractivity contribution in [1.82, 2.24) is 0 Å². The van der Waals surface area contributed by atoms with Gasteiger partial charge in [0.1, 0.15) is 0 Å². The van der Waals surface area contributed by atoms with Crippen molar-refractivity contribution in [2.45, 2.75) is 13.8 Å². The Hall–Kier alpha value is -2.00. The minimum absolute atomic E-state index is 0.221. The summed E-state index contributed by atoms with van der Waals surface area (Å²) in [5.41, 5.74) is 3.54. The Balaban J connectivity index is 2.45. The van der Waals surface area contributed by atoms with E-state index in [0.717, 1.165) is 16.8 Å². The molecule has 0 aromatic heterocycles. The van der Waals surface area contributed by atoms with Gasteiger partial charge in [-0.05, 0) is 43.2 Å². The van der Waals surface area contributed by atoms with Crippen molar-refractivity contribution in [3.05, 3.63) is 58.1 Å². The molecule has 0 saturated heterocycles. The minimum Gasteiger partial charge on any atom is -0.478 e. The summed E-state index contributed by atoms with van der Waals surface area (Å²) in [7, 11) is 0. The standard InChI is InChI=1S/C15H14ClNO2/c1-9-7-10(2)14(12(16)8-9)17-13-6-4-3-5-11(13)15(18)19/h3-8,17H,1-2H3,(H,18,19). The molecule has 0 fully saturated rings. The topological polar surface area (TPSA) is 49.3 Å². The van der Waals surface area contributed by atoms with Crippen molar-refractivity contribution >= 4 is 28.9 Å². The normalized spacial score (nSPS) is 10.3. The van der Waals surface area contributed by atoms with E-state index in [0.29, 0.717) is 10.7 Å². The largest absolute Gasteiger partial charge is 0.478 e. The van der Waals surface area contributed by atoms with Crippen LogP contribution in [0.4, 0.5) is 11.4 Å². The predicted octanol–water partition coefficient (Wildman–Crippen LogP) is 4.40. The summed E-state index contributed by atoms with van der Waals surface area (Å²) >= 11 is 6.21. The second-order valence-corrected chi connectivity index (χ2v) is 4.82. The van der Waals surface area contributed by atoms with E-state index in [9.17, 15) is 4.79 Å². The van der Waals surface area contributed by atoms with Crippen LogP contribution in [0.1, 0.15) is 21.5 Å². The van der Waals surface area contributed by atoms with Crippen LogP contribution in [0, 0.1) is 13.8 Å². The number of benzene rings is 2. The summed E-state index contributed by atoms with van der Waals surface area (Å²) in [6.45, 7) is 3.90. The van der Waals surface area contributed by atoms with Gasteiger partial charge in [0.05, 0.1) is 22.0 Å². The first-order valence-electron chi connectivity index (χ1n) is 5.85. The van der Waals surface area contributed by atoms with E-state index < -0.39 is 5.97 Å². The number of halogens is 1. The highest BCUT2D eigenvalue weighted by Gasteiger charge is 2.12. The summed E-state index contributed by atoms with van der Waals surface area (Å²) < 4.78 is 0. The molecule has 0 amide bonds. The first-order valence-corrected chi connectivity index (χ1v) is 6.23. The maximum absolute atomic E-state index is 11.2. The molecule has 3 nitrogen and oxygen atoms in total. The zero-order valence-electron chi connectivity index (χ0n) is 10.7. The van der Waals surface area contributed by atoms with Gasteiger partial charge in [0.15, 0.2) is 0 Å². The van der Waals surface area contributed by atoms with E-state index in [1.807, 2.05) is 26.0 Å². The molecule has 0 aliphatic heterocycles. The lowest BCUT2D eigenvalue weighted by Crippen LogP contribution is -2.03. The fraction of sp³-hybridized carbons (Fsp3) is 0.133. The highest BCUT2D eigenvalue weighted by Crippen LogP contribution is 2.31. The molecule has 0 aliphatic carbocycles. The summed E-state index contributed by atoms with van der Waals surface area (Å²) in [5.74, 6) is -0.969. The van der Waals surface area contributed by atoms with Crippen LogP contribution in [0.5, 0.6) is 0 Å². The third kappa shape index (κ3) is 2.88. The zero-order valence-corrected chi connectivity index (χ0v) is 11.5. The number of hydrogen-bond acceptors (Lipinski definition) is 2. The maximum atomic E-state index is 11.2. The van der Waals surface area contributed by atoms with Crippen molar-refractivity contribution in [3.63, 3.8) is 0 Å². The fourth-order valence-corrected chi connectivity index (χ4v) is 2.36. The number of carbonyl (C=O) groups is 1. The molecule has 0 heterocycles. The van der Waals surface area contributed by atoms with Gasteiger partial charge in [-0.1, -0.05) is 29.8 Å². The van der Waals surface area contributed by atoms with Gasteiger partial charge in [0.2, 0.25) is 0 Å². The molecule has 0 bridgehead atoms. The minimum atomic E-state index is -0.969. The second kappa shape index (κ2) is 5.33. The molecule has 2 N–H and O–H groups in total. The average Bonchev–Trinajstić information content (AvgIpc) is 2.34. The number of aryl methyl sites for hydroxylation is 2. The molecule has 2 rings (SSSR count). The summed E-state index contributed by atoms with van der Waals surface area (Å²) in [4.78, 5) is 11.2. The van der Waals surface area contributed by atoms with Crippen LogP contribution in [0.3, 0.4) is 0 Å². The lowest BCUT2D eigenvalue weighted by molar-refractivity contribution is 0.0698. The Morgan fingerprint density at radius 3 is 2.53 bits per heavy atom. The van der Waals surface area contributed by atoms with Gasteiger partial charge in [-0.25, -0.2) is 4.79 Å². The highest BCUT2D eigenvalue weighted by molar-refractivity contribution is 6.33. The molecule has 0 atom stereocenters. The summed E-state index contributed by atoms with van der Waals surface area (Å²) in [6, 6.07) is 10.6. The van der Waals surface area contributed by atoms with Crippen LogP contribution < -0.4 is 5.32 Å². The molecule has 98 valence electrons. The van der Waals surface area contributed by atoms with Crippen LogP contribution in [-0.4, -0.2) is 11.1 Å². The summed E-state index contributed by atoms with van der Waals surface area (Å²) in [6.07, 6.45) is 0. The van der Waals surface area contributed by atoms with E-state index in [2.05, 4.69) is 5.32 Å². The second-order valence-electron chi connectivity index (χ2n) is 4.41. The van der Waals surface area contributed by atoms with Crippen LogP contribution >= 0.6 is 11.6 Å². The van der Waals surface area contributed by atoms with Crippen molar-refractivity contribution < 1.29 is 9.90 Å². The number of hydrogen-bond donors (Lipinski definition) is 2. The molecule has 0 unspecified atom stereocenters. The maximum Gasteiger partial charge on any atom is 0.337 e. The first-order chi connectivity index (χ1) is 8.99. The van der Waals surface area contributed by atoms with E-state index in [4.69, 9.17) is 16.7 Å². The molecule has 19 heavy (non-hydrogen) atoms. The highest BCUT2D eigenvalue weighted by atomic mass is 35.5. The predicted molar refractivity (Wildman–Crippen MR) is 77.6 cm³/mol. The van der Waals surface area contributed by atoms with Crippen molar-refractivity contribution in [2.24, 2.45) is 0 Å². The van der Waals surface area contributed by atoms with Crippen LogP contribution in [0.25, 0.3) is 0 Å². The lowest BCUT2D eigenvalue weighted by atomic mass is 10.1. The molecule has 2 aromatic carbocycles. The average molecular weight is 276 g/mol. The van der Waals surface area contributed by atoms with Crippen LogP contribution in [-0.2, 0) is 0 Å². The Bertz CT molecular complexity index is 615. The molecule has 4 heteroatoms. The Labute approximate surface area is 116 Å². The van der Waals surface area contributed by atoms with Crippen LogP contribution in [0.15, 0.2) is 36.4 Å². The first kappa shape index (κ1) is 13.4. The molecular formula is C15H14ClNO2. The monoisotopic (exact) mass is 275 g/mol. The van der Waals surface area contributed by atoms with Gasteiger partial charge < -0.3 is 10.4 Å². The SMILES string of the molecule is Cc1cc(C)c(Nc2ccccc2C(=O)O)c(Cl)c1. The molecule has 2 aromatic rings. The third-order valence-corrected chi connectivity index (χ3v) is 3.15. The number of anilines is 2. The van der Waals surface area contributed by atoms with E-state index in [1.54, 1.807) is 24.3 Å². The number of para-hydroxylation sites is 1. The summed E-state index contributed by atoms with van der Waals surface area (Å²) in [5, 5.41) is 12.8. The van der Waals surface area contributed by atoms with E-state index in [-0.39, 0.29) is 5.56 Å². The Morgan fingerprint density at radius 1 is 1.21 bits per heavy atom. The Morgan fingerprint density at radius 2 is 1.89 bits per heavy atom. The van der Waals surface area contributed by atoms with Gasteiger partial charge in [0.25, 0.3) is 0 Å². The molecule has 0 radical (unpaired) electrons. The molecule has 0 saturated carbocycles. The van der Waals surface area contributed by atoms with Gasteiger partial charge in [-0.3, -0.25) is 0 Å². The van der Waals surface area contributed by atoms with Gasteiger partial charge >= 0.3 is 5.97 Å². The number of carboxylic acids is 1. The number of nitrogens with one attached hydrogen (secondary N) is 1. The number of aromatic carboxylic acids is 1. The van der Waals surface area contributed by atoms with Crippen molar-refractivity contribution in [1.29, 1.82) is 0 Å². The van der Waals surface area contributed by atoms with Crippen molar-refractivity contribution in [2.75, 3.05) is 5.32 Å². The smallest absolute Gasteiger partial charge is 0.337 e. The van der Waals surface area contributed by atoms with Crippen molar-refractivity contribution in [3.8, 4) is 0 Å². The molecule has 0 spiro atoms. The van der Waals surface area contributed by atoms with E-state index in [1.165, 1.54) is 0 Å². The third-order valence-electron chi connectivity index (χ3n) is 2.85. The lowest BCUT2D eigenvalue weighted by Gasteiger charge is -2.14. The molecular weight excluding hydrogens is 262 g/mol. The number of carboxylic acid groups (broad SMARTS) is 1. The van der Waals surface area contributed by atoms with Gasteiger partial charge in [0, 0.05) is 0 Å². The molecule has 0 aliphatic rings. The number of rotatable bonds is 3. The van der Waals surface area contributed by atoms with E-state index >= 15 is 0 Å². The van der Waals surface area contributed by atoms with Gasteiger partial charge in [-0.15, -0.1) is 0 Å². The quantitative estimate of drug-likeness (QED) is 0.873. The zero-order chi connectivity index (χ0) is 14.0. The van der Waals surface area contributed by atoms with Gasteiger partial charge in [-0.2, -0.15) is 0 Å². The Kier molecular flexibility index (Phi) is 3.76. The fourth-order valence-electron chi connectivity index (χ4n) is 1.99. The van der Waals surface area contributed by atoms with Crippen LogP contribution in [0.2, 0.25) is 5.02 Å².